The van der Waals surface area contributed by atoms with Crippen molar-refractivity contribution in [3.63, 3.8) is 0 Å². The molecule has 1 atom stereocenters. The van der Waals surface area contributed by atoms with Crippen LogP contribution in [0, 0.1) is 5.92 Å². The largest absolute Gasteiger partial charge is 0.0839 e. The Hall–Kier alpha value is -3.90. The van der Waals surface area contributed by atoms with Gasteiger partial charge in [0.1, 0.15) is 0 Å². The number of rotatable bonds is 3. The minimum atomic E-state index is 0.0608. The van der Waals surface area contributed by atoms with Crippen molar-refractivity contribution in [1.29, 1.82) is 0 Å². The Bertz CT molecular complexity index is 1770. The van der Waals surface area contributed by atoms with Crippen LogP contribution in [0.3, 0.4) is 0 Å². The zero-order valence-corrected chi connectivity index (χ0v) is 24.3. The fourth-order valence-electron chi connectivity index (χ4n) is 8.15. The maximum Gasteiger partial charge on any atom is 0.0158 e. The first-order valence-electron chi connectivity index (χ1n) is 15.6. The zero-order chi connectivity index (χ0) is 27.6. The predicted molar refractivity (Wildman–Crippen MR) is 174 cm³/mol. The van der Waals surface area contributed by atoms with Crippen LogP contribution in [-0.4, -0.2) is 0 Å². The van der Waals surface area contributed by atoms with Crippen LogP contribution in [0.2, 0.25) is 0 Å². The maximum absolute atomic E-state index is 2.54. The summed E-state index contributed by atoms with van der Waals surface area (Å²) >= 11 is 0. The molecule has 0 radical (unpaired) electrons. The summed E-state index contributed by atoms with van der Waals surface area (Å²) in [6.45, 7) is 4.72. The van der Waals surface area contributed by atoms with Gasteiger partial charge in [0, 0.05) is 5.41 Å². The molecule has 0 N–H and O–H groups in total. The molecule has 5 aliphatic carbocycles. The van der Waals surface area contributed by atoms with E-state index in [1.165, 1.54) is 81.3 Å². The normalized spacial score (nSPS) is 22.0. The van der Waals surface area contributed by atoms with Crippen molar-refractivity contribution >= 4 is 16.7 Å². The minimum Gasteiger partial charge on any atom is -0.0839 e. The molecule has 202 valence electrons. The molecule has 0 aliphatic heterocycles. The van der Waals surface area contributed by atoms with Gasteiger partial charge in [-0.05, 0) is 135 Å². The molecule has 0 heteroatoms. The molecule has 3 aromatic rings. The number of hydrogen-bond donors (Lipinski definition) is 0. The quantitative estimate of drug-likeness (QED) is 0.316. The van der Waals surface area contributed by atoms with Crippen LogP contribution in [0.1, 0.15) is 86.6 Å². The van der Waals surface area contributed by atoms with Gasteiger partial charge < -0.3 is 0 Å². The second-order valence-electron chi connectivity index (χ2n) is 13.1. The van der Waals surface area contributed by atoms with Crippen LogP contribution >= 0.6 is 0 Å². The Morgan fingerprint density at radius 3 is 2.49 bits per heavy atom. The third-order valence-corrected chi connectivity index (χ3v) is 10.4. The molecule has 8 rings (SSSR count). The van der Waals surface area contributed by atoms with E-state index in [-0.39, 0.29) is 5.41 Å². The molecular weight excluding hydrogens is 492 g/mol. The van der Waals surface area contributed by atoms with E-state index in [1.54, 1.807) is 16.7 Å². The summed E-state index contributed by atoms with van der Waals surface area (Å²) in [7, 11) is 0. The lowest BCUT2D eigenvalue weighted by molar-refractivity contribution is 0.538. The van der Waals surface area contributed by atoms with E-state index in [1.807, 2.05) is 0 Å². The van der Waals surface area contributed by atoms with Crippen LogP contribution in [0.15, 0.2) is 120 Å². The average Bonchev–Trinajstić information content (AvgIpc) is 3.26. The summed E-state index contributed by atoms with van der Waals surface area (Å²) in [5.74, 6) is 0.753. The summed E-state index contributed by atoms with van der Waals surface area (Å²) in [6.07, 6.45) is 22.7. The second-order valence-corrected chi connectivity index (χ2v) is 13.1. The molecule has 0 nitrogen and oxygen atoms in total. The van der Waals surface area contributed by atoms with Crippen molar-refractivity contribution < 1.29 is 0 Å². The fourth-order valence-corrected chi connectivity index (χ4v) is 8.15. The van der Waals surface area contributed by atoms with E-state index >= 15 is 0 Å². The number of allylic oxidation sites excluding steroid dienone is 12. The highest BCUT2D eigenvalue weighted by molar-refractivity contribution is 5.89. The van der Waals surface area contributed by atoms with Gasteiger partial charge in [-0.2, -0.15) is 0 Å². The molecule has 0 fully saturated rings. The highest BCUT2D eigenvalue weighted by atomic mass is 14.4. The average molecular weight is 531 g/mol. The van der Waals surface area contributed by atoms with Crippen LogP contribution < -0.4 is 0 Å². The summed E-state index contributed by atoms with van der Waals surface area (Å²) in [5, 5.41) is 0. The molecule has 0 bridgehead atoms. The van der Waals surface area contributed by atoms with Crippen LogP contribution in [0.25, 0.3) is 27.8 Å². The van der Waals surface area contributed by atoms with Gasteiger partial charge in [-0.25, -0.2) is 0 Å². The molecule has 3 aromatic carbocycles. The van der Waals surface area contributed by atoms with Crippen molar-refractivity contribution in [3.8, 4) is 11.1 Å². The first-order valence-corrected chi connectivity index (χ1v) is 15.6. The van der Waals surface area contributed by atoms with E-state index in [0.717, 1.165) is 25.2 Å². The topological polar surface area (TPSA) is 0 Å². The summed E-state index contributed by atoms with van der Waals surface area (Å²) in [6, 6.07) is 25.5. The van der Waals surface area contributed by atoms with Gasteiger partial charge in [0.25, 0.3) is 0 Å². The Morgan fingerprint density at radius 2 is 1.54 bits per heavy atom. The third-order valence-electron chi connectivity index (χ3n) is 10.4. The van der Waals surface area contributed by atoms with Gasteiger partial charge in [0.2, 0.25) is 0 Å². The SMILES string of the molecule is CC1(C)c2ccccc2-c2cc(C3=CC(c4cccc(C5=CC6=C(CC5)C5=CC=CCC5CC6)c4)=CCC3)ccc21. The van der Waals surface area contributed by atoms with Gasteiger partial charge in [-0.15, -0.1) is 0 Å². The van der Waals surface area contributed by atoms with Crippen molar-refractivity contribution in [2.24, 2.45) is 5.92 Å². The maximum atomic E-state index is 2.54. The van der Waals surface area contributed by atoms with Crippen molar-refractivity contribution in [3.05, 3.63) is 148 Å². The number of fused-ring (bicyclic) bond motifs is 5. The number of benzene rings is 3. The van der Waals surface area contributed by atoms with Crippen LogP contribution in [0.5, 0.6) is 0 Å². The Balaban J connectivity index is 1.10. The summed E-state index contributed by atoms with van der Waals surface area (Å²) in [4.78, 5) is 0. The van der Waals surface area contributed by atoms with Crippen LogP contribution in [-0.2, 0) is 5.41 Å². The zero-order valence-electron chi connectivity index (χ0n) is 24.3. The second kappa shape index (κ2) is 9.59. The van der Waals surface area contributed by atoms with E-state index in [0.29, 0.717) is 0 Å². The molecule has 0 saturated heterocycles. The Morgan fingerprint density at radius 1 is 0.707 bits per heavy atom. The van der Waals surface area contributed by atoms with E-state index in [9.17, 15) is 0 Å². The molecule has 41 heavy (non-hydrogen) atoms. The smallest absolute Gasteiger partial charge is 0.0158 e. The molecular formula is C41H38. The van der Waals surface area contributed by atoms with Gasteiger partial charge in [0.05, 0.1) is 0 Å². The number of hydrogen-bond acceptors (Lipinski definition) is 0. The van der Waals surface area contributed by atoms with Crippen molar-refractivity contribution in [2.45, 2.75) is 64.2 Å². The first-order chi connectivity index (χ1) is 20.1. The monoisotopic (exact) mass is 530 g/mol. The third kappa shape index (κ3) is 4.11. The highest BCUT2D eigenvalue weighted by Crippen LogP contribution is 2.50. The standard InChI is InChI=1S/C41H38/c1-41(2)39-16-6-5-15-37(39)38-26-33(20-22-40(38)41)31-13-8-11-29(24-31)28-10-7-12-30(23-28)32-19-21-36-34(25-32)18-17-27-9-3-4-14-35(27)36/h3-7,10-12,14-16,20,22-27H,8-9,13,17-19,21H2,1-2H3. The van der Waals surface area contributed by atoms with Crippen molar-refractivity contribution in [2.75, 3.05) is 0 Å². The Labute approximate surface area is 245 Å². The molecule has 0 spiro atoms. The Kier molecular flexibility index (Phi) is 5.82. The lowest BCUT2D eigenvalue weighted by Crippen LogP contribution is -2.17. The van der Waals surface area contributed by atoms with Gasteiger partial charge in [-0.3, -0.25) is 0 Å². The molecule has 5 aliphatic rings. The predicted octanol–water partition coefficient (Wildman–Crippen LogP) is 11.0. The summed E-state index contributed by atoms with van der Waals surface area (Å²) in [5.41, 5.74) is 19.1. The first kappa shape index (κ1) is 24.9. The highest BCUT2D eigenvalue weighted by Gasteiger charge is 2.35. The summed E-state index contributed by atoms with van der Waals surface area (Å²) < 4.78 is 0. The van der Waals surface area contributed by atoms with Gasteiger partial charge >= 0.3 is 0 Å². The molecule has 0 saturated carbocycles. The molecule has 0 heterocycles. The van der Waals surface area contributed by atoms with Gasteiger partial charge in [-0.1, -0.05) is 105 Å². The lowest BCUT2D eigenvalue weighted by atomic mass is 9.72. The molecule has 1 unspecified atom stereocenters. The van der Waals surface area contributed by atoms with E-state index in [4.69, 9.17) is 0 Å². The molecule has 0 aromatic heterocycles. The lowest BCUT2D eigenvalue weighted by Gasteiger charge is -2.33. The fraction of sp³-hybridized carbons (Fsp3) is 0.268. The van der Waals surface area contributed by atoms with E-state index < -0.39 is 0 Å². The van der Waals surface area contributed by atoms with Gasteiger partial charge in [0.15, 0.2) is 0 Å². The van der Waals surface area contributed by atoms with E-state index in [2.05, 4.69) is 117 Å². The molecule has 0 amide bonds. The van der Waals surface area contributed by atoms with Crippen molar-refractivity contribution in [1.82, 2.24) is 0 Å². The van der Waals surface area contributed by atoms with Crippen LogP contribution in [0.4, 0.5) is 0 Å². The minimum absolute atomic E-state index is 0.0608.